The molecule has 3 aromatic rings. The molecule has 0 aromatic heterocycles. The molecular formula is C24H20Cl3N3O4. The number of hydrogen-bond acceptors (Lipinski definition) is 3. The van der Waals surface area contributed by atoms with Crippen molar-refractivity contribution in [3.63, 3.8) is 0 Å². The molecule has 0 bridgehead atoms. The Balaban J connectivity index is 1.82. The van der Waals surface area contributed by atoms with Gasteiger partial charge in [0, 0.05) is 38.6 Å². The topological polar surface area (TPSA) is 98.7 Å². The number of urea groups is 1. The summed E-state index contributed by atoms with van der Waals surface area (Å²) in [6, 6.07) is 17.7. The fourth-order valence-electron chi connectivity index (χ4n) is 3.05. The van der Waals surface area contributed by atoms with Gasteiger partial charge < -0.3 is 15.7 Å². The molecule has 10 heteroatoms. The first kappa shape index (κ1) is 25.4. The second kappa shape index (κ2) is 11.7. The SMILES string of the molecule is O=C(O)CCNC(=O)c1ccc(N(Cc2ccc(Cl)cc2)C(=O)Nc2cc(Cl)cc(Cl)c2)cc1. The number of nitrogens with zero attached hydrogens (tertiary/aromatic N) is 1. The van der Waals surface area contributed by atoms with Gasteiger partial charge in [0.15, 0.2) is 0 Å². The molecule has 0 unspecified atom stereocenters. The van der Waals surface area contributed by atoms with E-state index in [-0.39, 0.29) is 19.5 Å². The first-order chi connectivity index (χ1) is 16.2. The van der Waals surface area contributed by atoms with Crippen molar-refractivity contribution >= 4 is 64.1 Å². The van der Waals surface area contributed by atoms with Crippen molar-refractivity contribution < 1.29 is 19.5 Å². The number of nitrogens with one attached hydrogen (secondary N) is 2. The minimum Gasteiger partial charge on any atom is -0.481 e. The maximum absolute atomic E-state index is 13.2. The standard InChI is InChI=1S/C24H20Cl3N3O4/c25-17-5-1-15(2-6-17)14-30(24(34)29-20-12-18(26)11-19(27)13-20)21-7-3-16(4-8-21)23(33)28-10-9-22(31)32/h1-8,11-13H,9-10,14H2,(H,28,33)(H,29,34)(H,31,32). The van der Waals surface area contributed by atoms with Crippen LogP contribution in [0.3, 0.4) is 0 Å². The van der Waals surface area contributed by atoms with Crippen LogP contribution in [0.4, 0.5) is 16.2 Å². The normalized spacial score (nSPS) is 10.4. The van der Waals surface area contributed by atoms with Crippen molar-refractivity contribution in [2.24, 2.45) is 0 Å². The van der Waals surface area contributed by atoms with Gasteiger partial charge in [-0.2, -0.15) is 0 Å². The lowest BCUT2D eigenvalue weighted by molar-refractivity contribution is -0.136. The second-order valence-electron chi connectivity index (χ2n) is 7.25. The van der Waals surface area contributed by atoms with E-state index in [2.05, 4.69) is 10.6 Å². The third kappa shape index (κ3) is 7.38. The van der Waals surface area contributed by atoms with Crippen LogP contribution in [-0.4, -0.2) is 29.6 Å². The number of aliphatic carboxylic acids is 1. The molecule has 3 amide bonds. The van der Waals surface area contributed by atoms with Crippen LogP contribution in [0.25, 0.3) is 0 Å². The zero-order valence-corrected chi connectivity index (χ0v) is 20.0. The van der Waals surface area contributed by atoms with Crippen molar-refractivity contribution in [3.8, 4) is 0 Å². The maximum Gasteiger partial charge on any atom is 0.326 e. The Labute approximate surface area is 211 Å². The smallest absolute Gasteiger partial charge is 0.326 e. The van der Waals surface area contributed by atoms with Crippen molar-refractivity contribution in [2.75, 3.05) is 16.8 Å². The Hall–Kier alpha value is -3.26. The summed E-state index contributed by atoms with van der Waals surface area (Å²) < 4.78 is 0. The predicted molar refractivity (Wildman–Crippen MR) is 134 cm³/mol. The number of anilines is 2. The van der Waals surface area contributed by atoms with Gasteiger partial charge in [-0.25, -0.2) is 4.79 Å². The Morgan fingerprint density at radius 1 is 0.824 bits per heavy atom. The van der Waals surface area contributed by atoms with Gasteiger partial charge in [0.2, 0.25) is 0 Å². The number of carbonyl (C=O) groups is 3. The molecule has 0 radical (unpaired) electrons. The van der Waals surface area contributed by atoms with Gasteiger partial charge >= 0.3 is 12.0 Å². The van der Waals surface area contributed by atoms with E-state index in [9.17, 15) is 14.4 Å². The lowest BCUT2D eigenvalue weighted by atomic mass is 10.1. The van der Waals surface area contributed by atoms with E-state index >= 15 is 0 Å². The number of benzene rings is 3. The minimum atomic E-state index is -1.000. The number of carbonyl (C=O) groups excluding carboxylic acids is 2. The first-order valence-electron chi connectivity index (χ1n) is 10.1. The van der Waals surface area contributed by atoms with E-state index in [4.69, 9.17) is 39.9 Å². The number of amides is 3. The molecule has 34 heavy (non-hydrogen) atoms. The van der Waals surface area contributed by atoms with E-state index in [1.54, 1.807) is 54.6 Å². The van der Waals surface area contributed by atoms with Gasteiger partial charge in [-0.1, -0.05) is 46.9 Å². The monoisotopic (exact) mass is 519 g/mol. The summed E-state index contributed by atoms with van der Waals surface area (Å²) in [5.41, 5.74) is 2.13. The van der Waals surface area contributed by atoms with Gasteiger partial charge in [-0.05, 0) is 60.2 Å². The summed E-state index contributed by atoms with van der Waals surface area (Å²) in [6.07, 6.45) is -0.174. The highest BCUT2D eigenvalue weighted by molar-refractivity contribution is 6.35. The third-order valence-corrected chi connectivity index (χ3v) is 5.37. The zero-order valence-electron chi connectivity index (χ0n) is 17.7. The van der Waals surface area contributed by atoms with E-state index < -0.39 is 17.9 Å². The van der Waals surface area contributed by atoms with Crippen LogP contribution in [-0.2, 0) is 11.3 Å². The average molecular weight is 521 g/mol. The molecule has 0 spiro atoms. The van der Waals surface area contributed by atoms with Crippen molar-refractivity contribution in [1.29, 1.82) is 0 Å². The average Bonchev–Trinajstić information content (AvgIpc) is 2.77. The number of carboxylic acid groups (broad SMARTS) is 1. The fraction of sp³-hybridized carbons (Fsp3) is 0.125. The summed E-state index contributed by atoms with van der Waals surface area (Å²) in [7, 11) is 0. The minimum absolute atomic E-state index is 0.0171. The lowest BCUT2D eigenvalue weighted by Gasteiger charge is -2.24. The van der Waals surface area contributed by atoms with E-state index in [1.807, 2.05) is 12.1 Å². The Kier molecular flexibility index (Phi) is 8.76. The third-order valence-electron chi connectivity index (χ3n) is 4.68. The van der Waals surface area contributed by atoms with Crippen LogP contribution < -0.4 is 15.5 Å². The van der Waals surface area contributed by atoms with Crippen LogP contribution in [0.15, 0.2) is 66.7 Å². The van der Waals surface area contributed by atoms with Crippen LogP contribution in [0.2, 0.25) is 15.1 Å². The molecule has 0 atom stereocenters. The van der Waals surface area contributed by atoms with E-state index in [0.29, 0.717) is 32.0 Å². The number of hydrogen-bond donors (Lipinski definition) is 3. The number of carboxylic acids is 1. The van der Waals surface area contributed by atoms with Crippen LogP contribution >= 0.6 is 34.8 Å². The molecule has 7 nitrogen and oxygen atoms in total. The maximum atomic E-state index is 13.2. The summed E-state index contributed by atoms with van der Waals surface area (Å²) in [5.74, 6) is -1.41. The van der Waals surface area contributed by atoms with Gasteiger partial charge in [0.1, 0.15) is 0 Å². The largest absolute Gasteiger partial charge is 0.481 e. The van der Waals surface area contributed by atoms with Crippen molar-refractivity contribution in [2.45, 2.75) is 13.0 Å². The summed E-state index contributed by atoms with van der Waals surface area (Å²) in [5, 5.41) is 15.4. The molecule has 0 saturated carbocycles. The number of rotatable bonds is 8. The Morgan fingerprint density at radius 2 is 1.44 bits per heavy atom. The molecule has 0 fully saturated rings. The van der Waals surface area contributed by atoms with E-state index in [0.717, 1.165) is 5.56 Å². The molecule has 0 saturated heterocycles. The summed E-state index contributed by atoms with van der Waals surface area (Å²) in [6.45, 7) is 0.241. The van der Waals surface area contributed by atoms with Crippen LogP contribution in [0.5, 0.6) is 0 Å². The van der Waals surface area contributed by atoms with Gasteiger partial charge in [-0.15, -0.1) is 0 Å². The fourth-order valence-corrected chi connectivity index (χ4v) is 3.70. The Morgan fingerprint density at radius 3 is 2.03 bits per heavy atom. The lowest BCUT2D eigenvalue weighted by Crippen LogP contribution is -2.34. The molecule has 176 valence electrons. The van der Waals surface area contributed by atoms with Gasteiger partial charge in [0.25, 0.3) is 5.91 Å². The zero-order chi connectivity index (χ0) is 24.7. The predicted octanol–water partition coefficient (Wildman–Crippen LogP) is 6.09. The van der Waals surface area contributed by atoms with Crippen LogP contribution in [0, 0.1) is 0 Å². The Bertz CT molecular complexity index is 1160. The number of halogens is 3. The van der Waals surface area contributed by atoms with Gasteiger partial charge in [0.05, 0.1) is 13.0 Å². The molecule has 0 aliphatic carbocycles. The molecule has 0 aliphatic rings. The molecule has 3 N–H and O–H groups in total. The molecule has 0 aliphatic heterocycles. The highest BCUT2D eigenvalue weighted by Crippen LogP contribution is 2.25. The first-order valence-corrected chi connectivity index (χ1v) is 11.2. The molecular weight excluding hydrogens is 501 g/mol. The summed E-state index contributed by atoms with van der Waals surface area (Å²) >= 11 is 18.1. The highest BCUT2D eigenvalue weighted by Gasteiger charge is 2.18. The highest BCUT2D eigenvalue weighted by atomic mass is 35.5. The molecule has 3 rings (SSSR count). The van der Waals surface area contributed by atoms with Crippen molar-refractivity contribution in [1.82, 2.24) is 5.32 Å². The van der Waals surface area contributed by atoms with Crippen LogP contribution in [0.1, 0.15) is 22.3 Å². The summed E-state index contributed by atoms with van der Waals surface area (Å²) in [4.78, 5) is 37.5. The van der Waals surface area contributed by atoms with Crippen molar-refractivity contribution in [3.05, 3.63) is 92.9 Å². The quantitative estimate of drug-likeness (QED) is 0.335. The molecule has 3 aromatic carbocycles. The second-order valence-corrected chi connectivity index (χ2v) is 8.56. The molecule has 0 heterocycles. The van der Waals surface area contributed by atoms with Gasteiger partial charge in [-0.3, -0.25) is 14.5 Å². The van der Waals surface area contributed by atoms with E-state index in [1.165, 1.54) is 4.90 Å².